The van der Waals surface area contributed by atoms with Gasteiger partial charge in [0.1, 0.15) is 5.58 Å². The van der Waals surface area contributed by atoms with Crippen molar-refractivity contribution in [2.75, 3.05) is 4.90 Å². The number of rotatable bonds is 3. The molecule has 0 bridgehead atoms. The molecule has 9 aromatic rings. The summed E-state index contributed by atoms with van der Waals surface area (Å²) in [5, 5.41) is 9.49. The molecule has 12 rings (SSSR count). The van der Waals surface area contributed by atoms with Crippen LogP contribution in [0.25, 0.3) is 38.5 Å². The van der Waals surface area contributed by atoms with Gasteiger partial charge in [-0.1, -0.05) is 133 Å². The van der Waals surface area contributed by atoms with Crippen LogP contribution in [0.1, 0.15) is 0 Å². The average Bonchev–Trinajstić information content (AvgIpc) is 3.73. The number of para-hydroxylation sites is 4. The lowest BCUT2D eigenvalue weighted by Crippen LogP contribution is -2.78. The Morgan fingerprint density at radius 2 is 1.12 bits per heavy atom. The number of hydrogen-bond donors (Lipinski definition) is 0. The molecule has 5 heterocycles. The number of furan rings is 1. The molecule has 3 aliphatic rings. The topological polar surface area (TPSA) is 21.3 Å². The maximum Gasteiger partial charge on any atom is 0.297 e. The Bertz CT molecular complexity index is 2800. The molecule has 2 aromatic heterocycles. The quantitative estimate of drug-likeness (QED) is 0.227. The smallest absolute Gasteiger partial charge is 0.297 e. The number of benzene rings is 7. The second-order valence-corrected chi connectivity index (χ2v) is 17.3. The first-order chi connectivity index (χ1) is 24.4. The molecule has 3 aliphatic heterocycles. The molecular weight excluding hydrogens is 611 g/mol. The van der Waals surface area contributed by atoms with Gasteiger partial charge >= 0.3 is 0 Å². The van der Waals surface area contributed by atoms with Crippen molar-refractivity contribution in [3.05, 3.63) is 164 Å². The van der Waals surface area contributed by atoms with Crippen LogP contribution in [0.4, 0.5) is 17.1 Å². The predicted molar refractivity (Wildman–Crippen MR) is 207 cm³/mol. The van der Waals surface area contributed by atoms with Crippen LogP contribution in [0, 0.1) is 0 Å². The van der Waals surface area contributed by atoms with E-state index in [0.717, 1.165) is 28.0 Å². The third-order valence-electron chi connectivity index (χ3n) is 11.4. The van der Waals surface area contributed by atoms with E-state index in [9.17, 15) is 0 Å². The highest BCUT2D eigenvalue weighted by molar-refractivity contribution is 7.22. The van der Waals surface area contributed by atoms with E-state index in [1.54, 1.807) is 0 Å². The van der Waals surface area contributed by atoms with Gasteiger partial charge in [0.15, 0.2) is 8.07 Å². The van der Waals surface area contributed by atoms with Gasteiger partial charge < -0.3 is 13.9 Å². The molecule has 226 valence electrons. The first-order valence-electron chi connectivity index (χ1n) is 17.1. The number of nitrogens with zero attached hydrogens (tertiary/aromatic N) is 2. The minimum atomic E-state index is -2.76. The molecule has 0 saturated heterocycles. The van der Waals surface area contributed by atoms with Crippen LogP contribution < -0.4 is 42.2 Å². The standard InChI is InChI=1S/C44H27BN2OSi/c1-4-14-28(15-5-1)46-35-27-26-32-31-21-12-24-37-40(31)47-41(32)39(35)45(44-42(46)33-20-10-11-23-36(33)48-44)34-22-13-25-38(43(34)47)49(37,29-16-6-2-7-17-29)30-18-8-3-9-19-30/h1-27H. The molecule has 0 aliphatic carbocycles. The molecule has 5 heteroatoms. The average molecular weight is 639 g/mol. The van der Waals surface area contributed by atoms with E-state index in [4.69, 9.17) is 4.42 Å². The lowest BCUT2D eigenvalue weighted by atomic mass is 9.36. The van der Waals surface area contributed by atoms with Crippen LogP contribution >= 0.6 is 0 Å². The lowest BCUT2D eigenvalue weighted by Gasteiger charge is -2.43. The van der Waals surface area contributed by atoms with Crippen LogP contribution in [0.2, 0.25) is 0 Å². The van der Waals surface area contributed by atoms with Gasteiger partial charge in [0.2, 0.25) is 0 Å². The summed E-state index contributed by atoms with van der Waals surface area (Å²) in [6.07, 6.45) is 0. The fourth-order valence-electron chi connectivity index (χ4n) is 9.70. The van der Waals surface area contributed by atoms with E-state index in [1.165, 1.54) is 64.9 Å². The second-order valence-electron chi connectivity index (χ2n) is 13.6. The largest absolute Gasteiger partial charge is 0.468 e. The van der Waals surface area contributed by atoms with E-state index in [2.05, 4.69) is 173 Å². The summed E-state index contributed by atoms with van der Waals surface area (Å²) >= 11 is 0. The molecular formula is C44H27BN2OSi. The van der Waals surface area contributed by atoms with Gasteiger partial charge in [-0.3, -0.25) is 0 Å². The maximum atomic E-state index is 7.05. The molecule has 3 nitrogen and oxygen atoms in total. The van der Waals surface area contributed by atoms with Crippen molar-refractivity contribution in [2.45, 2.75) is 0 Å². The number of aromatic nitrogens is 1. The number of hydrogen-bond acceptors (Lipinski definition) is 2. The molecule has 49 heavy (non-hydrogen) atoms. The van der Waals surface area contributed by atoms with E-state index >= 15 is 0 Å². The molecule has 0 spiro atoms. The Kier molecular flexibility index (Phi) is 4.82. The van der Waals surface area contributed by atoms with E-state index < -0.39 is 8.07 Å². The molecule has 0 saturated carbocycles. The Hall–Kier alpha value is -6.04. The summed E-state index contributed by atoms with van der Waals surface area (Å²) < 4.78 is 9.70. The van der Waals surface area contributed by atoms with E-state index in [-0.39, 0.29) is 6.71 Å². The highest BCUT2D eigenvalue weighted by Gasteiger charge is 2.53. The molecule has 0 radical (unpaired) electrons. The minimum Gasteiger partial charge on any atom is -0.468 e. The number of anilines is 3. The van der Waals surface area contributed by atoms with Crippen LogP contribution in [0.5, 0.6) is 0 Å². The zero-order valence-corrected chi connectivity index (χ0v) is 27.5. The van der Waals surface area contributed by atoms with Gasteiger partial charge in [0, 0.05) is 33.2 Å². The zero-order valence-electron chi connectivity index (χ0n) is 26.5. The van der Waals surface area contributed by atoms with Gasteiger partial charge in [-0.15, -0.1) is 0 Å². The minimum absolute atomic E-state index is 0.0485. The molecule has 0 amide bonds. The predicted octanol–water partition coefficient (Wildman–Crippen LogP) is 5.83. The first-order valence-corrected chi connectivity index (χ1v) is 19.1. The Balaban J connectivity index is 1.33. The van der Waals surface area contributed by atoms with Crippen LogP contribution in [-0.4, -0.2) is 19.4 Å². The summed E-state index contributed by atoms with van der Waals surface area (Å²) in [6, 6.07) is 60.9. The fourth-order valence-corrected chi connectivity index (χ4v) is 14.9. The van der Waals surface area contributed by atoms with Crippen molar-refractivity contribution in [2.24, 2.45) is 0 Å². The van der Waals surface area contributed by atoms with Crippen LogP contribution in [0.3, 0.4) is 0 Å². The third kappa shape index (κ3) is 2.98. The van der Waals surface area contributed by atoms with Gasteiger partial charge in [-0.05, 0) is 62.0 Å². The van der Waals surface area contributed by atoms with Gasteiger partial charge in [-0.25, -0.2) is 0 Å². The SMILES string of the molecule is c1ccc(N2c3ccc4c5cccc6c5n5c4c3B(c3cccc(c3-5)[Si]6(c3ccccc3)c3ccccc3)c3oc4ccccc4c32)cc1. The van der Waals surface area contributed by atoms with E-state index in [0.29, 0.717) is 0 Å². The van der Waals surface area contributed by atoms with Gasteiger partial charge in [-0.2, -0.15) is 0 Å². The summed E-state index contributed by atoms with van der Waals surface area (Å²) in [5.74, 6) is 0. The fraction of sp³-hybridized carbons (Fsp3) is 0. The Morgan fingerprint density at radius 3 is 1.90 bits per heavy atom. The van der Waals surface area contributed by atoms with E-state index in [1.807, 2.05) is 0 Å². The maximum absolute atomic E-state index is 7.05. The monoisotopic (exact) mass is 638 g/mol. The Labute approximate surface area is 284 Å². The first kappa shape index (κ1) is 26.0. The second kappa shape index (κ2) is 9.10. The molecule has 0 atom stereocenters. The van der Waals surface area contributed by atoms with Crippen molar-refractivity contribution >= 4 is 102 Å². The highest BCUT2D eigenvalue weighted by atomic mass is 28.3. The van der Waals surface area contributed by atoms with Gasteiger partial charge in [0.25, 0.3) is 6.71 Å². The molecule has 0 unspecified atom stereocenters. The third-order valence-corrected chi connectivity index (χ3v) is 16.2. The van der Waals surface area contributed by atoms with Crippen molar-refractivity contribution in [3.63, 3.8) is 0 Å². The van der Waals surface area contributed by atoms with Crippen molar-refractivity contribution in [1.29, 1.82) is 0 Å². The molecule has 0 N–H and O–H groups in total. The van der Waals surface area contributed by atoms with Crippen molar-refractivity contribution in [3.8, 4) is 5.69 Å². The summed E-state index contributed by atoms with van der Waals surface area (Å²) in [6.45, 7) is -0.0485. The zero-order chi connectivity index (χ0) is 31.8. The van der Waals surface area contributed by atoms with Crippen LogP contribution in [-0.2, 0) is 0 Å². The summed E-state index contributed by atoms with van der Waals surface area (Å²) in [5.41, 5.74) is 12.1. The summed E-state index contributed by atoms with van der Waals surface area (Å²) in [4.78, 5) is 2.45. The molecule has 7 aromatic carbocycles. The van der Waals surface area contributed by atoms with Gasteiger partial charge in [0.05, 0.1) is 22.4 Å². The van der Waals surface area contributed by atoms with Crippen molar-refractivity contribution in [1.82, 2.24) is 4.57 Å². The van der Waals surface area contributed by atoms with Crippen molar-refractivity contribution < 1.29 is 4.42 Å². The number of fused-ring (bicyclic) bond motifs is 6. The normalized spacial score (nSPS) is 14.6. The van der Waals surface area contributed by atoms with Crippen LogP contribution in [0.15, 0.2) is 168 Å². The molecule has 0 fully saturated rings. The highest BCUT2D eigenvalue weighted by Crippen LogP contribution is 2.45. The Morgan fingerprint density at radius 1 is 0.490 bits per heavy atom. The lowest BCUT2D eigenvalue weighted by molar-refractivity contribution is 0.651. The summed E-state index contributed by atoms with van der Waals surface area (Å²) in [7, 11) is -2.76.